The highest BCUT2D eigenvalue weighted by atomic mass is 79.9. The average Bonchev–Trinajstić information content (AvgIpc) is 2.14. The molecule has 0 fully saturated rings. The molecule has 0 atom stereocenters. The molecule has 0 radical (unpaired) electrons. The Morgan fingerprint density at radius 1 is 1.67 bits per heavy atom. The maximum Gasteiger partial charge on any atom is 0.370 e. The van der Waals surface area contributed by atoms with E-state index < -0.39 is 10.9 Å². The van der Waals surface area contributed by atoms with Crippen LogP contribution >= 0.6 is 15.9 Å². The van der Waals surface area contributed by atoms with E-state index in [0.29, 0.717) is 4.47 Å². The first-order valence-corrected chi connectivity index (χ1v) is 4.51. The Morgan fingerprint density at radius 2 is 2.33 bits per heavy atom. The van der Waals surface area contributed by atoms with Crippen LogP contribution in [-0.2, 0) is 4.79 Å². The Bertz CT molecular complexity index is 444. The zero-order valence-corrected chi connectivity index (χ0v) is 8.84. The van der Waals surface area contributed by atoms with Gasteiger partial charge in [0.15, 0.2) is 6.20 Å². The molecule has 1 heterocycles. The first kappa shape index (κ1) is 11.3. The van der Waals surface area contributed by atoms with E-state index in [4.69, 9.17) is 5.11 Å². The van der Waals surface area contributed by atoms with Crippen molar-refractivity contribution in [1.82, 2.24) is 4.98 Å². The number of carboxylic acids is 1. The van der Waals surface area contributed by atoms with Crippen molar-refractivity contribution >= 4 is 33.8 Å². The van der Waals surface area contributed by atoms with Gasteiger partial charge in [-0.25, -0.2) is 4.79 Å². The number of pyridine rings is 1. The summed E-state index contributed by atoms with van der Waals surface area (Å²) >= 11 is 3.09. The number of halogens is 1. The zero-order valence-electron chi connectivity index (χ0n) is 7.25. The summed E-state index contributed by atoms with van der Waals surface area (Å²) in [6.45, 7) is 0. The van der Waals surface area contributed by atoms with Gasteiger partial charge < -0.3 is 15.2 Å². The number of aromatic nitrogens is 1. The van der Waals surface area contributed by atoms with Gasteiger partial charge in [0.1, 0.15) is 0 Å². The molecule has 78 valence electrons. The predicted octanol–water partition coefficient (Wildman–Crippen LogP) is 1.85. The quantitative estimate of drug-likeness (QED) is 0.515. The van der Waals surface area contributed by atoms with Gasteiger partial charge in [0.05, 0.1) is 10.0 Å². The van der Waals surface area contributed by atoms with Gasteiger partial charge in [-0.3, -0.25) is 0 Å². The van der Waals surface area contributed by atoms with E-state index in [9.17, 15) is 14.9 Å². The molecule has 0 saturated carbocycles. The van der Waals surface area contributed by atoms with Gasteiger partial charge in [-0.1, -0.05) is 0 Å². The van der Waals surface area contributed by atoms with Crippen molar-refractivity contribution in [3.8, 4) is 0 Å². The Labute approximate surface area is 92.5 Å². The van der Waals surface area contributed by atoms with Crippen LogP contribution in [0.5, 0.6) is 0 Å². The fourth-order valence-corrected chi connectivity index (χ4v) is 1.23. The Morgan fingerprint density at radius 3 is 2.87 bits per heavy atom. The van der Waals surface area contributed by atoms with E-state index in [1.807, 2.05) is 0 Å². The molecule has 0 spiro atoms. The van der Waals surface area contributed by atoms with E-state index in [-0.39, 0.29) is 11.4 Å². The summed E-state index contributed by atoms with van der Waals surface area (Å²) in [5.41, 5.74) is 0.136. The lowest BCUT2D eigenvalue weighted by atomic mass is 10.2. The van der Waals surface area contributed by atoms with Crippen LogP contribution in [0.2, 0.25) is 0 Å². The number of carboxylic acid groups (broad SMARTS) is 1. The molecule has 7 heteroatoms. The molecule has 0 aliphatic carbocycles. The van der Waals surface area contributed by atoms with Crippen LogP contribution in [0.4, 0.5) is 5.82 Å². The molecule has 15 heavy (non-hydrogen) atoms. The number of nitrogens with zero attached hydrogens (tertiary/aromatic N) is 2. The fourth-order valence-electron chi connectivity index (χ4n) is 0.884. The third-order valence-electron chi connectivity index (χ3n) is 1.44. The van der Waals surface area contributed by atoms with Crippen molar-refractivity contribution in [2.45, 2.75) is 0 Å². The minimum absolute atomic E-state index is 0.136. The topological polar surface area (TPSA) is 93.3 Å². The van der Waals surface area contributed by atoms with E-state index in [1.165, 1.54) is 12.3 Å². The summed E-state index contributed by atoms with van der Waals surface area (Å²) in [5, 5.41) is 18.9. The number of carbonyl (C=O) groups is 1. The van der Waals surface area contributed by atoms with Gasteiger partial charge in [0.25, 0.3) is 0 Å². The summed E-state index contributed by atoms with van der Waals surface area (Å²) in [7, 11) is 0. The molecule has 6 nitrogen and oxygen atoms in total. The molecule has 0 saturated heterocycles. The summed E-state index contributed by atoms with van der Waals surface area (Å²) in [4.78, 5) is 23.7. The first-order chi connectivity index (χ1) is 7.00. The number of hydrogen-bond acceptors (Lipinski definition) is 4. The van der Waals surface area contributed by atoms with Crippen molar-refractivity contribution in [3.63, 3.8) is 0 Å². The van der Waals surface area contributed by atoms with E-state index in [0.717, 1.165) is 12.2 Å². The monoisotopic (exact) mass is 272 g/mol. The summed E-state index contributed by atoms with van der Waals surface area (Å²) < 4.78 is 0.540. The van der Waals surface area contributed by atoms with Crippen LogP contribution in [0.25, 0.3) is 6.08 Å². The summed E-state index contributed by atoms with van der Waals surface area (Å²) in [6, 6.07) is 1.42. The molecule has 1 aromatic rings. The Hall–Kier alpha value is -1.76. The molecule has 1 rings (SSSR count). The second-order valence-corrected chi connectivity index (χ2v) is 3.41. The lowest BCUT2D eigenvalue weighted by Crippen LogP contribution is -1.95. The fraction of sp³-hybridized carbons (Fsp3) is 0. The number of rotatable bonds is 3. The van der Waals surface area contributed by atoms with E-state index in [2.05, 4.69) is 20.9 Å². The minimum atomic E-state index is -1.18. The van der Waals surface area contributed by atoms with Crippen LogP contribution in [0.15, 0.2) is 22.8 Å². The SMILES string of the molecule is O=C(O)/C=C/c1cc(Br)cnc1[N+](=O)[O-]. The van der Waals surface area contributed by atoms with Crippen molar-refractivity contribution in [3.05, 3.63) is 38.5 Å². The molecule has 0 bridgehead atoms. The van der Waals surface area contributed by atoms with Crippen molar-refractivity contribution in [2.24, 2.45) is 0 Å². The van der Waals surface area contributed by atoms with Crippen LogP contribution in [0.1, 0.15) is 5.56 Å². The normalized spacial score (nSPS) is 10.5. The lowest BCUT2D eigenvalue weighted by Gasteiger charge is -1.96. The highest BCUT2D eigenvalue weighted by Gasteiger charge is 2.13. The van der Waals surface area contributed by atoms with Crippen LogP contribution in [0, 0.1) is 10.1 Å². The van der Waals surface area contributed by atoms with Gasteiger partial charge in [-0.15, -0.1) is 0 Å². The first-order valence-electron chi connectivity index (χ1n) is 3.71. The third kappa shape index (κ3) is 3.13. The van der Waals surface area contributed by atoms with Gasteiger partial charge in [-0.05, 0) is 38.0 Å². The molecule has 0 unspecified atom stereocenters. The number of aliphatic carboxylic acids is 1. The Kier molecular flexibility index (Phi) is 3.51. The molecule has 1 N–H and O–H groups in total. The lowest BCUT2D eigenvalue weighted by molar-refractivity contribution is -0.389. The Balaban J connectivity index is 3.18. The van der Waals surface area contributed by atoms with Gasteiger partial charge in [0.2, 0.25) is 0 Å². The summed E-state index contributed by atoms with van der Waals surface area (Å²) in [5.74, 6) is -1.56. The van der Waals surface area contributed by atoms with Crippen molar-refractivity contribution < 1.29 is 14.8 Å². The summed E-state index contributed by atoms with van der Waals surface area (Å²) in [6.07, 6.45) is 3.21. The second kappa shape index (κ2) is 4.65. The smallest absolute Gasteiger partial charge is 0.370 e. The molecule has 0 aliphatic heterocycles. The highest BCUT2D eigenvalue weighted by molar-refractivity contribution is 9.10. The van der Waals surface area contributed by atoms with Crippen LogP contribution in [0.3, 0.4) is 0 Å². The molecular weight excluding hydrogens is 268 g/mol. The molecule has 1 aromatic heterocycles. The standard InChI is InChI=1S/C8H5BrN2O4/c9-6-3-5(1-2-7(12)13)8(10-4-6)11(14)15/h1-4H,(H,12,13)/b2-1+. The molecule has 0 aromatic carbocycles. The van der Waals surface area contributed by atoms with Gasteiger partial charge >= 0.3 is 11.8 Å². The number of hydrogen-bond donors (Lipinski definition) is 1. The van der Waals surface area contributed by atoms with Crippen LogP contribution in [-0.4, -0.2) is 21.0 Å². The van der Waals surface area contributed by atoms with Crippen molar-refractivity contribution in [1.29, 1.82) is 0 Å². The molecule has 0 aliphatic rings. The average molecular weight is 273 g/mol. The maximum absolute atomic E-state index is 10.5. The third-order valence-corrected chi connectivity index (χ3v) is 1.87. The minimum Gasteiger partial charge on any atom is -0.478 e. The maximum atomic E-state index is 10.5. The largest absolute Gasteiger partial charge is 0.478 e. The van der Waals surface area contributed by atoms with Gasteiger partial charge in [-0.2, -0.15) is 0 Å². The molecule has 0 amide bonds. The van der Waals surface area contributed by atoms with Crippen molar-refractivity contribution in [2.75, 3.05) is 0 Å². The van der Waals surface area contributed by atoms with E-state index in [1.54, 1.807) is 0 Å². The van der Waals surface area contributed by atoms with Crippen LogP contribution < -0.4 is 0 Å². The number of nitro groups is 1. The zero-order chi connectivity index (χ0) is 11.4. The van der Waals surface area contributed by atoms with Gasteiger partial charge in [0, 0.05) is 6.08 Å². The second-order valence-electron chi connectivity index (χ2n) is 2.50. The molecular formula is C8H5BrN2O4. The van der Waals surface area contributed by atoms with E-state index >= 15 is 0 Å². The predicted molar refractivity (Wildman–Crippen MR) is 55.3 cm³/mol. The highest BCUT2D eigenvalue weighted by Crippen LogP contribution is 2.20.